The van der Waals surface area contributed by atoms with Crippen molar-refractivity contribution in [1.82, 2.24) is 4.90 Å². The van der Waals surface area contributed by atoms with Crippen LogP contribution in [0.4, 0.5) is 11.4 Å². The van der Waals surface area contributed by atoms with Gasteiger partial charge in [0.15, 0.2) is 0 Å². The Bertz CT molecular complexity index is 810. The summed E-state index contributed by atoms with van der Waals surface area (Å²) in [6, 6.07) is 11.8. The van der Waals surface area contributed by atoms with E-state index in [1.807, 2.05) is 13.0 Å². The molecule has 24 heavy (non-hydrogen) atoms. The first-order valence-corrected chi connectivity index (χ1v) is 7.64. The molecule has 6 nitrogen and oxygen atoms in total. The number of benzene rings is 2. The fourth-order valence-corrected chi connectivity index (χ4v) is 2.72. The molecule has 2 aromatic carbocycles. The molecule has 1 aliphatic rings. The number of aryl methyl sites for hydroxylation is 1. The third-order valence-corrected chi connectivity index (χ3v) is 3.99. The second-order valence-electron chi connectivity index (χ2n) is 5.56. The number of imide groups is 1. The minimum atomic E-state index is -0.452. The van der Waals surface area contributed by atoms with E-state index < -0.39 is 17.7 Å². The van der Waals surface area contributed by atoms with E-state index >= 15 is 0 Å². The Balaban J connectivity index is 1.71. The number of nitrogens with two attached hydrogens (primary N) is 1. The third-order valence-electron chi connectivity index (χ3n) is 3.99. The lowest BCUT2D eigenvalue weighted by Gasteiger charge is -2.14. The van der Waals surface area contributed by atoms with Crippen LogP contribution in [0.1, 0.15) is 33.2 Å². The lowest BCUT2D eigenvalue weighted by Crippen LogP contribution is -2.37. The second kappa shape index (κ2) is 6.16. The summed E-state index contributed by atoms with van der Waals surface area (Å²) in [5, 5.41) is 2.66. The maximum absolute atomic E-state index is 12.2. The molecular weight excluding hydrogens is 306 g/mol. The van der Waals surface area contributed by atoms with Crippen LogP contribution in [0.3, 0.4) is 0 Å². The van der Waals surface area contributed by atoms with Gasteiger partial charge in [-0.25, -0.2) is 0 Å². The zero-order valence-corrected chi connectivity index (χ0v) is 13.2. The quantitative estimate of drug-likeness (QED) is 0.665. The van der Waals surface area contributed by atoms with Crippen molar-refractivity contribution in [2.24, 2.45) is 0 Å². The molecule has 3 rings (SSSR count). The van der Waals surface area contributed by atoms with E-state index in [0.717, 1.165) is 16.9 Å². The summed E-state index contributed by atoms with van der Waals surface area (Å²) in [6.07, 6.45) is 0.801. The highest BCUT2D eigenvalue weighted by molar-refractivity contribution is 6.22. The number of nitrogens with zero attached hydrogens (tertiary/aromatic N) is 1. The number of amides is 3. The number of hydrogen-bond acceptors (Lipinski definition) is 4. The fraction of sp³-hybridized carbons (Fsp3) is 0.167. The van der Waals surface area contributed by atoms with Crippen LogP contribution in [0.5, 0.6) is 0 Å². The predicted octanol–water partition coefficient (Wildman–Crippen LogP) is 2.07. The average molecular weight is 323 g/mol. The number of carbonyl (C=O) groups excluding carboxylic acids is 3. The van der Waals surface area contributed by atoms with E-state index in [1.54, 1.807) is 36.4 Å². The van der Waals surface area contributed by atoms with Crippen molar-refractivity contribution in [2.75, 3.05) is 17.6 Å². The monoisotopic (exact) mass is 323 g/mol. The van der Waals surface area contributed by atoms with Gasteiger partial charge in [0.05, 0.1) is 11.1 Å². The molecule has 0 atom stereocenters. The van der Waals surface area contributed by atoms with E-state index in [-0.39, 0.29) is 6.54 Å². The first-order chi connectivity index (χ1) is 11.5. The molecule has 1 aliphatic heterocycles. The van der Waals surface area contributed by atoms with Crippen molar-refractivity contribution >= 4 is 29.1 Å². The van der Waals surface area contributed by atoms with Crippen molar-refractivity contribution in [3.05, 3.63) is 59.2 Å². The van der Waals surface area contributed by atoms with Crippen LogP contribution < -0.4 is 11.1 Å². The van der Waals surface area contributed by atoms with Crippen molar-refractivity contribution < 1.29 is 14.4 Å². The number of nitrogen functional groups attached to an aromatic ring is 1. The zero-order valence-electron chi connectivity index (χ0n) is 13.2. The summed E-state index contributed by atoms with van der Waals surface area (Å²) in [6.45, 7) is 1.66. The largest absolute Gasteiger partial charge is 0.398 e. The Hall–Kier alpha value is -3.15. The molecule has 0 radical (unpaired) electrons. The van der Waals surface area contributed by atoms with Crippen molar-refractivity contribution in [3.63, 3.8) is 0 Å². The van der Waals surface area contributed by atoms with Gasteiger partial charge in [-0.3, -0.25) is 19.3 Å². The van der Waals surface area contributed by atoms with Gasteiger partial charge in [-0.2, -0.15) is 0 Å². The fourth-order valence-electron chi connectivity index (χ4n) is 2.72. The highest BCUT2D eigenvalue weighted by atomic mass is 16.2. The summed E-state index contributed by atoms with van der Waals surface area (Å²) < 4.78 is 0. The first kappa shape index (κ1) is 15.7. The molecule has 0 spiro atoms. The van der Waals surface area contributed by atoms with E-state index in [2.05, 4.69) is 5.32 Å². The lowest BCUT2D eigenvalue weighted by atomic mass is 10.1. The maximum Gasteiger partial charge on any atom is 0.262 e. The van der Waals surface area contributed by atoms with Crippen LogP contribution in [0.2, 0.25) is 0 Å². The molecule has 6 heteroatoms. The molecule has 0 saturated carbocycles. The number of carbonyl (C=O) groups is 3. The van der Waals surface area contributed by atoms with Gasteiger partial charge in [-0.15, -0.1) is 0 Å². The van der Waals surface area contributed by atoms with E-state index in [0.29, 0.717) is 22.5 Å². The van der Waals surface area contributed by atoms with Crippen LogP contribution in [0.15, 0.2) is 42.5 Å². The number of rotatable bonds is 4. The number of hydrogen-bond donors (Lipinski definition) is 2. The highest BCUT2D eigenvalue weighted by Crippen LogP contribution is 2.23. The first-order valence-electron chi connectivity index (χ1n) is 7.64. The molecule has 3 amide bonds. The van der Waals surface area contributed by atoms with Gasteiger partial charge in [0, 0.05) is 11.4 Å². The molecule has 1 heterocycles. The van der Waals surface area contributed by atoms with Gasteiger partial charge < -0.3 is 11.1 Å². The van der Waals surface area contributed by atoms with Crippen molar-refractivity contribution in [2.45, 2.75) is 13.3 Å². The average Bonchev–Trinajstić information content (AvgIpc) is 2.80. The molecule has 2 aromatic rings. The molecule has 3 N–H and O–H groups in total. The highest BCUT2D eigenvalue weighted by Gasteiger charge is 2.36. The smallest absolute Gasteiger partial charge is 0.262 e. The zero-order chi connectivity index (χ0) is 17.3. The molecular formula is C18H17N3O3. The van der Waals surface area contributed by atoms with Gasteiger partial charge in [0.25, 0.3) is 11.8 Å². The van der Waals surface area contributed by atoms with Crippen molar-refractivity contribution in [1.29, 1.82) is 0 Å². The van der Waals surface area contributed by atoms with E-state index in [4.69, 9.17) is 5.73 Å². The Morgan fingerprint density at radius 1 is 1.08 bits per heavy atom. The van der Waals surface area contributed by atoms with Gasteiger partial charge in [-0.05, 0) is 36.2 Å². The Morgan fingerprint density at radius 3 is 2.25 bits per heavy atom. The van der Waals surface area contributed by atoms with Gasteiger partial charge >= 0.3 is 0 Å². The minimum absolute atomic E-state index is 0.326. The van der Waals surface area contributed by atoms with Crippen LogP contribution in [-0.4, -0.2) is 29.2 Å². The molecule has 0 bridgehead atoms. The molecule has 122 valence electrons. The molecule has 0 fully saturated rings. The van der Waals surface area contributed by atoms with Gasteiger partial charge in [0.2, 0.25) is 5.91 Å². The number of anilines is 2. The van der Waals surface area contributed by atoms with E-state index in [9.17, 15) is 14.4 Å². The normalized spacial score (nSPS) is 13.1. The summed E-state index contributed by atoms with van der Waals surface area (Å²) in [5.41, 5.74) is 8.68. The van der Waals surface area contributed by atoms with Crippen LogP contribution in [0, 0.1) is 0 Å². The topological polar surface area (TPSA) is 92.5 Å². The molecule has 0 aromatic heterocycles. The SMILES string of the molecule is CCc1ccc(NC(=O)CN2C(=O)c3ccccc3C2=O)cc1N. The van der Waals surface area contributed by atoms with Crippen molar-refractivity contribution in [3.8, 4) is 0 Å². The van der Waals surface area contributed by atoms with Crippen LogP contribution in [0.25, 0.3) is 0 Å². The van der Waals surface area contributed by atoms with Crippen LogP contribution in [-0.2, 0) is 11.2 Å². The van der Waals surface area contributed by atoms with Gasteiger partial charge in [-0.1, -0.05) is 25.1 Å². The van der Waals surface area contributed by atoms with E-state index in [1.165, 1.54) is 0 Å². The number of fused-ring (bicyclic) bond motifs is 1. The minimum Gasteiger partial charge on any atom is -0.398 e. The molecule has 0 unspecified atom stereocenters. The van der Waals surface area contributed by atoms with Crippen LogP contribution >= 0.6 is 0 Å². The Morgan fingerprint density at radius 2 is 1.71 bits per heavy atom. The maximum atomic E-state index is 12.2. The summed E-state index contributed by atoms with van der Waals surface area (Å²) in [5.74, 6) is -1.36. The summed E-state index contributed by atoms with van der Waals surface area (Å²) in [7, 11) is 0. The summed E-state index contributed by atoms with van der Waals surface area (Å²) >= 11 is 0. The number of nitrogens with one attached hydrogen (secondary N) is 1. The standard InChI is InChI=1S/C18H17N3O3/c1-2-11-7-8-12(9-15(11)19)20-16(22)10-21-17(23)13-5-3-4-6-14(13)18(21)24/h3-9H,2,10,19H2,1H3,(H,20,22). The predicted molar refractivity (Wildman–Crippen MR) is 90.7 cm³/mol. The molecule has 0 saturated heterocycles. The Labute approximate surface area is 139 Å². The Kier molecular flexibility index (Phi) is 4.04. The lowest BCUT2D eigenvalue weighted by molar-refractivity contribution is -0.116. The third kappa shape index (κ3) is 2.74. The summed E-state index contributed by atoms with van der Waals surface area (Å²) in [4.78, 5) is 37.6. The molecule has 0 aliphatic carbocycles. The van der Waals surface area contributed by atoms with Gasteiger partial charge in [0.1, 0.15) is 6.54 Å². The second-order valence-corrected chi connectivity index (χ2v) is 5.56.